The fourth-order valence-electron chi connectivity index (χ4n) is 3.65. The molecule has 0 saturated carbocycles. The van der Waals surface area contributed by atoms with Gasteiger partial charge in [-0.2, -0.15) is 4.89 Å². The van der Waals surface area contributed by atoms with Gasteiger partial charge in [-0.3, -0.25) is 0 Å². The van der Waals surface area contributed by atoms with Gasteiger partial charge in [0.1, 0.15) is 23.0 Å². The van der Waals surface area contributed by atoms with Crippen molar-refractivity contribution < 1.29 is 48.2 Å². The Bertz CT molecular complexity index is 1340. The Morgan fingerprint density at radius 1 is 0.773 bits per heavy atom. The van der Waals surface area contributed by atoms with Crippen LogP contribution in [-0.4, -0.2) is 43.7 Å². The Morgan fingerprint density at radius 2 is 1.36 bits per heavy atom. The molecule has 0 aliphatic heterocycles. The summed E-state index contributed by atoms with van der Waals surface area (Å²) in [5.74, 6) is 1.20. The lowest BCUT2D eigenvalue weighted by molar-refractivity contribution is -0.249. The van der Waals surface area contributed by atoms with Crippen molar-refractivity contribution in [2.45, 2.75) is 31.8 Å². The van der Waals surface area contributed by atoms with Gasteiger partial charge >= 0.3 is 11.9 Å². The second-order valence-electron chi connectivity index (χ2n) is 9.19. The maximum Gasteiger partial charge on any atom is 0.343 e. The normalized spacial score (nSPS) is 10.9. The van der Waals surface area contributed by atoms with Gasteiger partial charge in [0.05, 0.1) is 31.5 Å². The maximum atomic E-state index is 12.6. The molecule has 1 N–H and O–H groups in total. The van der Waals surface area contributed by atoms with Crippen molar-refractivity contribution in [3.05, 3.63) is 115 Å². The van der Waals surface area contributed by atoms with E-state index in [1.807, 2.05) is 12.1 Å². The molecule has 3 rings (SSSR count). The zero-order valence-electron chi connectivity index (χ0n) is 24.4. The quantitative estimate of drug-likeness (QED) is 0.0182. The second kappa shape index (κ2) is 19.2. The highest BCUT2D eigenvalue weighted by Crippen LogP contribution is 2.22. The minimum absolute atomic E-state index is 0.0133. The van der Waals surface area contributed by atoms with Crippen LogP contribution in [0.3, 0.4) is 0 Å². The SMILES string of the molecule is C=C=COOCCCCOc1ccc(OCOc2ccc(OC(=O)c3ccc(C(O)CCCOC(=O)C=C)cc3)cc2)cc1. The topological polar surface area (TPSA) is 119 Å². The Labute approximate surface area is 256 Å². The molecule has 10 heteroatoms. The van der Waals surface area contributed by atoms with Gasteiger partial charge in [-0.15, -0.1) is 0 Å². The third kappa shape index (κ3) is 12.5. The fourth-order valence-corrected chi connectivity index (χ4v) is 3.65. The number of rotatable bonds is 20. The minimum atomic E-state index is -0.749. The molecule has 0 amide bonds. The Hall–Kier alpha value is -5.02. The molecule has 3 aromatic carbocycles. The molecule has 0 aromatic heterocycles. The number of unbranched alkanes of at least 4 members (excludes halogenated alkanes) is 1. The van der Waals surface area contributed by atoms with Crippen LogP contribution in [0, 0.1) is 0 Å². The fraction of sp³-hybridized carbons (Fsp3) is 0.265. The number of esters is 2. The van der Waals surface area contributed by atoms with Gasteiger partial charge in [0, 0.05) is 6.08 Å². The number of ether oxygens (including phenoxy) is 5. The third-order valence-electron chi connectivity index (χ3n) is 5.96. The van der Waals surface area contributed by atoms with Crippen molar-refractivity contribution in [3.8, 4) is 23.0 Å². The van der Waals surface area contributed by atoms with Gasteiger partial charge in [0.15, 0.2) is 6.26 Å². The first-order valence-electron chi connectivity index (χ1n) is 14.0. The van der Waals surface area contributed by atoms with Crippen LogP contribution in [-0.2, 0) is 19.3 Å². The molecule has 0 saturated heterocycles. The van der Waals surface area contributed by atoms with E-state index in [0.717, 1.165) is 24.7 Å². The van der Waals surface area contributed by atoms with Crippen molar-refractivity contribution >= 4 is 11.9 Å². The van der Waals surface area contributed by atoms with E-state index in [1.165, 1.54) is 6.26 Å². The summed E-state index contributed by atoms with van der Waals surface area (Å²) in [5.41, 5.74) is 3.43. The number of aliphatic hydroxyl groups excluding tert-OH is 1. The lowest BCUT2D eigenvalue weighted by Gasteiger charge is -2.12. The molecule has 0 spiro atoms. The van der Waals surface area contributed by atoms with Crippen LogP contribution in [0.4, 0.5) is 0 Å². The molecule has 1 unspecified atom stereocenters. The molecule has 0 aliphatic carbocycles. The van der Waals surface area contributed by atoms with Crippen molar-refractivity contribution in [3.63, 3.8) is 0 Å². The molecule has 10 nitrogen and oxygen atoms in total. The van der Waals surface area contributed by atoms with Gasteiger partial charge in [-0.05, 0) is 91.9 Å². The molecular formula is C34H36O10. The highest BCUT2D eigenvalue weighted by molar-refractivity contribution is 5.91. The molecule has 0 heterocycles. The van der Waals surface area contributed by atoms with E-state index in [2.05, 4.69) is 23.8 Å². The smallest absolute Gasteiger partial charge is 0.343 e. The van der Waals surface area contributed by atoms with E-state index in [0.29, 0.717) is 54.4 Å². The summed E-state index contributed by atoms with van der Waals surface area (Å²) in [7, 11) is 0. The van der Waals surface area contributed by atoms with Crippen LogP contribution < -0.4 is 18.9 Å². The molecule has 44 heavy (non-hydrogen) atoms. The largest absolute Gasteiger partial charge is 0.494 e. The number of hydrogen-bond acceptors (Lipinski definition) is 10. The molecule has 1 atom stereocenters. The molecule has 0 fully saturated rings. The molecule has 0 aliphatic rings. The van der Waals surface area contributed by atoms with E-state index in [1.54, 1.807) is 60.7 Å². The summed E-state index contributed by atoms with van der Waals surface area (Å²) >= 11 is 0. The highest BCUT2D eigenvalue weighted by Gasteiger charge is 2.12. The first-order chi connectivity index (χ1) is 21.5. The van der Waals surface area contributed by atoms with Gasteiger partial charge < -0.3 is 33.7 Å². The number of aliphatic hydroxyl groups is 1. The summed E-state index contributed by atoms with van der Waals surface area (Å²) < 4.78 is 27.3. The monoisotopic (exact) mass is 604 g/mol. The molecule has 0 radical (unpaired) electrons. The van der Waals surface area contributed by atoms with Crippen LogP contribution in [0.15, 0.2) is 104 Å². The summed E-state index contributed by atoms with van der Waals surface area (Å²) in [6.07, 6.45) is 4.08. The lowest BCUT2D eigenvalue weighted by atomic mass is 10.0. The van der Waals surface area contributed by atoms with Crippen LogP contribution in [0.2, 0.25) is 0 Å². The van der Waals surface area contributed by atoms with Crippen molar-refractivity contribution in [1.82, 2.24) is 0 Å². The van der Waals surface area contributed by atoms with Gasteiger partial charge in [-0.25, -0.2) is 9.59 Å². The van der Waals surface area contributed by atoms with E-state index < -0.39 is 18.0 Å². The van der Waals surface area contributed by atoms with Crippen molar-refractivity contribution in [1.29, 1.82) is 0 Å². The number of carbonyl (C=O) groups is 2. The average molecular weight is 605 g/mol. The van der Waals surface area contributed by atoms with Crippen LogP contribution in [0.1, 0.15) is 47.7 Å². The van der Waals surface area contributed by atoms with Crippen LogP contribution in [0.25, 0.3) is 0 Å². The summed E-state index contributed by atoms with van der Waals surface area (Å²) in [6, 6.07) is 20.3. The number of hydrogen-bond donors (Lipinski definition) is 1. The minimum Gasteiger partial charge on any atom is -0.494 e. The summed E-state index contributed by atoms with van der Waals surface area (Å²) in [4.78, 5) is 33.2. The molecule has 232 valence electrons. The molecular weight excluding hydrogens is 568 g/mol. The predicted octanol–water partition coefficient (Wildman–Crippen LogP) is 6.27. The lowest BCUT2D eigenvalue weighted by Crippen LogP contribution is -2.09. The van der Waals surface area contributed by atoms with E-state index in [9.17, 15) is 14.7 Å². The zero-order chi connectivity index (χ0) is 31.4. The standard InChI is InChI=1S/C34H36O10/c1-3-21-42-43-24-6-5-22-38-28-13-15-29(16-14-28)40-25-41-30-17-19-31(20-18-30)44-34(37)27-11-9-26(10-12-27)32(35)8-7-23-39-33(36)4-2/h4,9-21,32,35H,1-2,5-8,22-25H2. The predicted molar refractivity (Wildman–Crippen MR) is 161 cm³/mol. The first-order valence-corrected chi connectivity index (χ1v) is 14.0. The summed E-state index contributed by atoms with van der Waals surface area (Å²) in [5, 5.41) is 10.3. The van der Waals surface area contributed by atoms with Gasteiger partial charge in [0.25, 0.3) is 0 Å². The van der Waals surface area contributed by atoms with Crippen molar-refractivity contribution in [2.75, 3.05) is 26.6 Å². The van der Waals surface area contributed by atoms with E-state index in [4.69, 9.17) is 28.6 Å². The van der Waals surface area contributed by atoms with Crippen LogP contribution >= 0.6 is 0 Å². The first kappa shape index (κ1) is 33.5. The number of carbonyl (C=O) groups excluding carboxylic acids is 2. The maximum absolute atomic E-state index is 12.6. The van der Waals surface area contributed by atoms with Crippen LogP contribution in [0.5, 0.6) is 23.0 Å². The third-order valence-corrected chi connectivity index (χ3v) is 5.96. The molecule has 0 bridgehead atoms. The Kier molecular flexibility index (Phi) is 14.6. The van der Waals surface area contributed by atoms with Crippen molar-refractivity contribution in [2.24, 2.45) is 0 Å². The molecule has 3 aromatic rings. The van der Waals surface area contributed by atoms with Gasteiger partial charge in [-0.1, -0.05) is 31.0 Å². The van der Waals surface area contributed by atoms with E-state index in [-0.39, 0.29) is 13.4 Å². The van der Waals surface area contributed by atoms with E-state index >= 15 is 0 Å². The second-order valence-corrected chi connectivity index (χ2v) is 9.19. The van der Waals surface area contributed by atoms with Gasteiger partial charge in [0.2, 0.25) is 6.79 Å². The zero-order valence-corrected chi connectivity index (χ0v) is 24.4. The Balaban J connectivity index is 1.33. The number of benzene rings is 3. The Morgan fingerprint density at radius 3 is 1.98 bits per heavy atom. The average Bonchev–Trinajstić information content (AvgIpc) is 3.05. The highest BCUT2D eigenvalue weighted by atomic mass is 17.2. The summed E-state index contributed by atoms with van der Waals surface area (Å²) in [6.45, 7) is 7.87.